The van der Waals surface area contributed by atoms with Gasteiger partial charge in [-0.3, -0.25) is 4.79 Å². The summed E-state index contributed by atoms with van der Waals surface area (Å²) in [6.45, 7) is 4.24. The van der Waals surface area contributed by atoms with Crippen molar-refractivity contribution in [3.8, 4) is 0 Å². The molecule has 2 aromatic heterocycles. The van der Waals surface area contributed by atoms with E-state index < -0.39 is 0 Å². The van der Waals surface area contributed by atoms with Crippen LogP contribution in [0.1, 0.15) is 60.2 Å². The molecule has 3 heterocycles. The molecular weight excluding hydrogens is 372 g/mol. The molecule has 4 rings (SSSR count). The molecule has 150 valence electrons. The highest BCUT2D eigenvalue weighted by Gasteiger charge is 2.21. The lowest BCUT2D eigenvalue weighted by Gasteiger charge is -2.13. The first kappa shape index (κ1) is 19.3. The summed E-state index contributed by atoms with van der Waals surface area (Å²) >= 11 is 1.44. The van der Waals surface area contributed by atoms with E-state index >= 15 is 0 Å². The molecule has 1 amide bonds. The molecule has 1 aliphatic heterocycles. The molecule has 1 fully saturated rings. The second kappa shape index (κ2) is 9.01. The van der Waals surface area contributed by atoms with Crippen LogP contribution in [0.2, 0.25) is 0 Å². The van der Waals surface area contributed by atoms with Crippen LogP contribution in [0.3, 0.4) is 0 Å². The second-order valence-electron chi connectivity index (χ2n) is 7.59. The van der Waals surface area contributed by atoms with E-state index in [1.165, 1.54) is 42.6 Å². The molecule has 1 saturated heterocycles. The molecule has 0 aromatic carbocycles. The van der Waals surface area contributed by atoms with Crippen LogP contribution in [0.15, 0.2) is 18.0 Å². The molecule has 0 spiro atoms. The number of amides is 1. The van der Waals surface area contributed by atoms with Gasteiger partial charge in [0.05, 0.1) is 16.4 Å². The minimum Gasteiger partial charge on any atom is -0.376 e. The summed E-state index contributed by atoms with van der Waals surface area (Å²) in [6.07, 6.45) is 12.2. The first-order valence-electron chi connectivity index (χ1n) is 10.3. The number of aromatic nitrogens is 2. The van der Waals surface area contributed by atoms with Gasteiger partial charge in [-0.1, -0.05) is 11.6 Å². The number of aryl methyl sites for hydroxylation is 1. The number of hydrogen-bond donors (Lipinski definition) is 2. The fourth-order valence-corrected chi connectivity index (χ4v) is 5.05. The summed E-state index contributed by atoms with van der Waals surface area (Å²) in [7, 11) is 0. The normalized spacial score (nSPS) is 19.6. The number of nitrogens with zero attached hydrogens (tertiary/aromatic N) is 2. The predicted octanol–water partition coefficient (Wildman–Crippen LogP) is 4.21. The third-order valence-electron chi connectivity index (χ3n) is 5.57. The van der Waals surface area contributed by atoms with Crippen molar-refractivity contribution in [3.63, 3.8) is 0 Å². The van der Waals surface area contributed by atoms with Gasteiger partial charge in [0.2, 0.25) is 0 Å². The topological polar surface area (TPSA) is 76.1 Å². The Kier molecular flexibility index (Phi) is 6.22. The van der Waals surface area contributed by atoms with Crippen LogP contribution >= 0.6 is 11.3 Å². The molecular formula is C21H28N4O2S. The van der Waals surface area contributed by atoms with Gasteiger partial charge >= 0.3 is 0 Å². The van der Waals surface area contributed by atoms with E-state index in [1.807, 2.05) is 6.92 Å². The largest absolute Gasteiger partial charge is 0.376 e. The van der Waals surface area contributed by atoms with E-state index in [0.717, 1.165) is 58.9 Å². The maximum Gasteiger partial charge on any atom is 0.261 e. The summed E-state index contributed by atoms with van der Waals surface area (Å²) < 4.78 is 5.68. The number of hydrogen-bond acceptors (Lipinski definition) is 6. The maximum atomic E-state index is 12.7. The Bertz CT molecular complexity index is 871. The van der Waals surface area contributed by atoms with Gasteiger partial charge < -0.3 is 15.4 Å². The molecule has 2 N–H and O–H groups in total. The van der Waals surface area contributed by atoms with E-state index in [0.29, 0.717) is 6.54 Å². The summed E-state index contributed by atoms with van der Waals surface area (Å²) in [4.78, 5) is 23.1. The Morgan fingerprint density at radius 2 is 2.25 bits per heavy atom. The third kappa shape index (κ3) is 4.36. The first-order valence-corrected chi connectivity index (χ1v) is 11.1. The van der Waals surface area contributed by atoms with Crippen LogP contribution in [-0.2, 0) is 4.74 Å². The Morgan fingerprint density at radius 3 is 3.04 bits per heavy atom. The van der Waals surface area contributed by atoms with E-state index in [4.69, 9.17) is 4.74 Å². The number of anilines is 1. The standard InChI is InChI=1S/C21H28N4O2S/c1-14-17-19(23-12-16-8-5-11-27-16)24-13-25-21(17)28-18(14)20(26)22-10-9-15-6-3-2-4-7-15/h6,13,16H,2-5,7-12H2,1H3,(H,22,26)(H,23,24,25). The highest BCUT2D eigenvalue weighted by molar-refractivity contribution is 7.20. The molecule has 0 saturated carbocycles. The van der Waals surface area contributed by atoms with Gasteiger partial charge in [-0.2, -0.15) is 0 Å². The molecule has 2 aliphatic rings. The summed E-state index contributed by atoms with van der Waals surface area (Å²) in [5.74, 6) is 0.780. The van der Waals surface area contributed by atoms with Crippen LogP contribution in [0.4, 0.5) is 5.82 Å². The third-order valence-corrected chi connectivity index (χ3v) is 6.77. The van der Waals surface area contributed by atoms with Crippen molar-refractivity contribution >= 4 is 33.3 Å². The molecule has 1 aliphatic carbocycles. The van der Waals surface area contributed by atoms with Crippen LogP contribution in [0.25, 0.3) is 10.2 Å². The van der Waals surface area contributed by atoms with Crippen molar-refractivity contribution in [2.24, 2.45) is 0 Å². The van der Waals surface area contributed by atoms with E-state index in [-0.39, 0.29) is 12.0 Å². The SMILES string of the molecule is Cc1c(C(=O)NCCC2=CCCCC2)sc2ncnc(NCC3CCCO3)c12. The lowest BCUT2D eigenvalue weighted by atomic mass is 9.97. The fourth-order valence-electron chi connectivity index (χ4n) is 3.99. The Morgan fingerprint density at radius 1 is 1.32 bits per heavy atom. The number of nitrogens with one attached hydrogen (secondary N) is 2. The van der Waals surface area contributed by atoms with Gasteiger partial charge in [0.25, 0.3) is 5.91 Å². The highest BCUT2D eigenvalue weighted by atomic mass is 32.1. The Balaban J connectivity index is 1.43. The Hall–Kier alpha value is -1.99. The quantitative estimate of drug-likeness (QED) is 0.681. The number of fused-ring (bicyclic) bond motifs is 1. The molecule has 2 aromatic rings. The van der Waals surface area contributed by atoms with Gasteiger partial charge in [-0.25, -0.2) is 9.97 Å². The maximum absolute atomic E-state index is 12.7. The molecule has 6 nitrogen and oxygen atoms in total. The zero-order valence-electron chi connectivity index (χ0n) is 16.4. The van der Waals surface area contributed by atoms with Gasteiger partial charge in [0.15, 0.2) is 0 Å². The molecule has 1 atom stereocenters. The zero-order chi connectivity index (χ0) is 19.3. The fraction of sp³-hybridized carbons (Fsp3) is 0.571. The minimum absolute atomic E-state index is 0.0121. The second-order valence-corrected chi connectivity index (χ2v) is 8.59. The summed E-state index contributed by atoms with van der Waals surface area (Å²) in [5.41, 5.74) is 2.43. The van der Waals surface area contributed by atoms with Gasteiger partial charge in [-0.15, -0.1) is 11.3 Å². The lowest BCUT2D eigenvalue weighted by Crippen LogP contribution is -2.24. The van der Waals surface area contributed by atoms with Crippen LogP contribution in [0.5, 0.6) is 0 Å². The highest BCUT2D eigenvalue weighted by Crippen LogP contribution is 2.33. The number of rotatable bonds is 7. The van der Waals surface area contributed by atoms with E-state index in [1.54, 1.807) is 6.33 Å². The van der Waals surface area contributed by atoms with Crippen molar-refractivity contribution < 1.29 is 9.53 Å². The van der Waals surface area contributed by atoms with E-state index in [9.17, 15) is 4.79 Å². The van der Waals surface area contributed by atoms with Crippen molar-refractivity contribution in [2.75, 3.05) is 25.0 Å². The number of carbonyl (C=O) groups is 1. The minimum atomic E-state index is -0.0121. The zero-order valence-corrected chi connectivity index (χ0v) is 17.2. The smallest absolute Gasteiger partial charge is 0.261 e. The van der Waals surface area contributed by atoms with Crippen LogP contribution < -0.4 is 10.6 Å². The van der Waals surface area contributed by atoms with E-state index in [2.05, 4.69) is 26.7 Å². The van der Waals surface area contributed by atoms with Gasteiger partial charge in [-0.05, 0) is 57.4 Å². The molecule has 1 unspecified atom stereocenters. The summed E-state index contributed by atoms with van der Waals surface area (Å²) in [5, 5.41) is 7.44. The van der Waals surface area contributed by atoms with Crippen LogP contribution in [-0.4, -0.2) is 41.7 Å². The number of allylic oxidation sites excluding steroid dienone is 1. The number of ether oxygens (including phenoxy) is 1. The monoisotopic (exact) mass is 400 g/mol. The first-order chi connectivity index (χ1) is 13.7. The average Bonchev–Trinajstić information content (AvgIpc) is 3.35. The Labute approximate surface area is 169 Å². The van der Waals surface area contributed by atoms with Gasteiger partial charge in [0, 0.05) is 19.7 Å². The molecule has 7 heteroatoms. The molecule has 0 bridgehead atoms. The molecule has 28 heavy (non-hydrogen) atoms. The number of carbonyl (C=O) groups excluding carboxylic acids is 1. The lowest BCUT2D eigenvalue weighted by molar-refractivity contribution is 0.0957. The van der Waals surface area contributed by atoms with Crippen molar-refractivity contribution in [1.82, 2.24) is 15.3 Å². The van der Waals surface area contributed by atoms with Crippen molar-refractivity contribution in [1.29, 1.82) is 0 Å². The van der Waals surface area contributed by atoms with Gasteiger partial charge in [0.1, 0.15) is 17.0 Å². The number of thiophene rings is 1. The molecule has 0 radical (unpaired) electrons. The predicted molar refractivity (Wildman–Crippen MR) is 113 cm³/mol. The van der Waals surface area contributed by atoms with Crippen molar-refractivity contribution in [3.05, 3.63) is 28.4 Å². The average molecular weight is 401 g/mol. The summed E-state index contributed by atoms with van der Waals surface area (Å²) in [6, 6.07) is 0. The van der Waals surface area contributed by atoms with Crippen molar-refractivity contribution in [2.45, 2.75) is 58.0 Å². The van der Waals surface area contributed by atoms with Crippen LogP contribution in [0, 0.1) is 6.92 Å².